The molecule has 1 aromatic heterocycles. The van der Waals surface area contributed by atoms with Crippen LogP contribution in [0.15, 0.2) is 35.4 Å². The molecule has 0 bridgehead atoms. The van der Waals surface area contributed by atoms with E-state index in [1.807, 2.05) is 29.2 Å². The second-order valence-corrected chi connectivity index (χ2v) is 7.86. The SMILES string of the molecule is CC(=O)N1CCC(Oc2ccnc3ccc(/C=C4\SC(=N)NC4=O)cc23)CC1. The molecule has 28 heavy (non-hydrogen) atoms. The summed E-state index contributed by atoms with van der Waals surface area (Å²) in [5.41, 5.74) is 1.67. The number of nitrogens with one attached hydrogen (secondary N) is 2. The summed E-state index contributed by atoms with van der Waals surface area (Å²) in [4.78, 5) is 30.1. The van der Waals surface area contributed by atoms with Crippen LogP contribution in [0.3, 0.4) is 0 Å². The zero-order valence-electron chi connectivity index (χ0n) is 15.4. The van der Waals surface area contributed by atoms with Gasteiger partial charge in [-0.25, -0.2) is 0 Å². The summed E-state index contributed by atoms with van der Waals surface area (Å²) in [5, 5.41) is 11.1. The van der Waals surface area contributed by atoms with Crippen LogP contribution in [0.4, 0.5) is 0 Å². The van der Waals surface area contributed by atoms with Crippen molar-refractivity contribution < 1.29 is 14.3 Å². The molecule has 8 heteroatoms. The number of hydrogen-bond donors (Lipinski definition) is 2. The third-order valence-corrected chi connectivity index (χ3v) is 5.70. The zero-order valence-corrected chi connectivity index (χ0v) is 16.2. The number of nitrogens with zero attached hydrogens (tertiary/aromatic N) is 2. The fraction of sp³-hybridized carbons (Fsp3) is 0.300. The number of pyridine rings is 1. The molecule has 2 saturated heterocycles. The molecule has 3 heterocycles. The van der Waals surface area contributed by atoms with Crippen molar-refractivity contribution in [2.45, 2.75) is 25.9 Å². The van der Waals surface area contributed by atoms with E-state index < -0.39 is 0 Å². The number of likely N-dealkylation sites (tertiary alicyclic amines) is 1. The Morgan fingerprint density at radius 1 is 1.36 bits per heavy atom. The summed E-state index contributed by atoms with van der Waals surface area (Å²) >= 11 is 1.11. The number of benzene rings is 1. The van der Waals surface area contributed by atoms with Gasteiger partial charge in [-0.05, 0) is 41.6 Å². The second kappa shape index (κ2) is 7.63. The minimum atomic E-state index is -0.255. The van der Waals surface area contributed by atoms with Gasteiger partial charge in [0.25, 0.3) is 5.91 Å². The van der Waals surface area contributed by atoms with Crippen LogP contribution in [0.5, 0.6) is 5.75 Å². The Bertz CT molecular complexity index is 996. The second-order valence-electron chi connectivity index (χ2n) is 6.80. The van der Waals surface area contributed by atoms with Gasteiger partial charge < -0.3 is 15.0 Å². The number of carbonyl (C=O) groups is 2. The Kier molecular flexibility index (Phi) is 5.04. The number of ether oxygens (including phenoxy) is 1. The number of fused-ring (bicyclic) bond motifs is 1. The molecule has 2 N–H and O–H groups in total. The highest BCUT2D eigenvalue weighted by molar-refractivity contribution is 8.18. The lowest BCUT2D eigenvalue weighted by molar-refractivity contribution is -0.130. The van der Waals surface area contributed by atoms with Gasteiger partial charge in [-0.15, -0.1) is 0 Å². The largest absolute Gasteiger partial charge is 0.490 e. The molecule has 2 aliphatic rings. The number of hydrogen-bond acceptors (Lipinski definition) is 6. The third-order valence-electron chi connectivity index (χ3n) is 4.87. The maximum atomic E-state index is 11.9. The maximum Gasteiger partial charge on any atom is 0.264 e. The minimum absolute atomic E-state index is 0.0554. The van der Waals surface area contributed by atoms with Crippen molar-refractivity contribution in [1.29, 1.82) is 5.41 Å². The van der Waals surface area contributed by atoms with Gasteiger partial charge in [0.15, 0.2) is 5.17 Å². The normalized spacial score (nSPS) is 19.3. The predicted molar refractivity (Wildman–Crippen MR) is 109 cm³/mol. The Morgan fingerprint density at radius 2 is 2.14 bits per heavy atom. The number of thioether (sulfide) groups is 1. The van der Waals surface area contributed by atoms with Gasteiger partial charge in [-0.2, -0.15) is 0 Å². The van der Waals surface area contributed by atoms with Gasteiger partial charge in [-0.3, -0.25) is 20.0 Å². The van der Waals surface area contributed by atoms with Gasteiger partial charge in [0, 0.05) is 44.4 Å². The van der Waals surface area contributed by atoms with Crippen molar-refractivity contribution in [3.63, 3.8) is 0 Å². The van der Waals surface area contributed by atoms with E-state index >= 15 is 0 Å². The quantitative estimate of drug-likeness (QED) is 0.778. The first-order valence-electron chi connectivity index (χ1n) is 9.10. The first-order chi connectivity index (χ1) is 13.5. The van der Waals surface area contributed by atoms with Crippen LogP contribution in [0.2, 0.25) is 0 Å². The molecule has 0 radical (unpaired) electrons. The number of piperidine rings is 1. The Hall–Kier alpha value is -2.87. The van der Waals surface area contributed by atoms with E-state index in [-0.39, 0.29) is 23.1 Å². The number of aromatic nitrogens is 1. The van der Waals surface area contributed by atoms with Gasteiger partial charge in [0.2, 0.25) is 5.91 Å². The predicted octanol–water partition coefficient (Wildman–Crippen LogP) is 2.76. The molecule has 2 aliphatic heterocycles. The summed E-state index contributed by atoms with van der Waals surface area (Å²) < 4.78 is 6.24. The highest BCUT2D eigenvalue weighted by Gasteiger charge is 2.23. The van der Waals surface area contributed by atoms with E-state index in [2.05, 4.69) is 10.3 Å². The van der Waals surface area contributed by atoms with Crippen molar-refractivity contribution >= 4 is 45.7 Å². The van der Waals surface area contributed by atoms with Gasteiger partial charge in [0.1, 0.15) is 11.9 Å². The number of rotatable bonds is 3. The molecular formula is C20H20N4O3S. The highest BCUT2D eigenvalue weighted by atomic mass is 32.2. The van der Waals surface area contributed by atoms with Crippen LogP contribution in [0.1, 0.15) is 25.3 Å². The van der Waals surface area contributed by atoms with E-state index in [0.717, 1.165) is 46.8 Å². The molecule has 1 aromatic carbocycles. The first kappa shape index (κ1) is 18.5. The Labute approximate surface area is 166 Å². The van der Waals surface area contributed by atoms with Gasteiger partial charge >= 0.3 is 0 Å². The first-order valence-corrected chi connectivity index (χ1v) is 9.91. The topological polar surface area (TPSA) is 95.4 Å². The van der Waals surface area contributed by atoms with E-state index in [1.54, 1.807) is 19.2 Å². The molecule has 7 nitrogen and oxygen atoms in total. The summed E-state index contributed by atoms with van der Waals surface area (Å²) in [5.74, 6) is 0.602. The van der Waals surface area contributed by atoms with Crippen LogP contribution < -0.4 is 10.1 Å². The smallest absolute Gasteiger partial charge is 0.264 e. The molecule has 0 atom stereocenters. The molecule has 0 spiro atoms. The van der Waals surface area contributed by atoms with Crippen molar-refractivity contribution in [2.75, 3.05) is 13.1 Å². The summed E-state index contributed by atoms with van der Waals surface area (Å²) in [7, 11) is 0. The van der Waals surface area contributed by atoms with Gasteiger partial charge in [-0.1, -0.05) is 6.07 Å². The average molecular weight is 396 g/mol. The van der Waals surface area contributed by atoms with Crippen LogP contribution >= 0.6 is 11.8 Å². The molecule has 2 fully saturated rings. The number of amidine groups is 1. The maximum absolute atomic E-state index is 11.9. The van der Waals surface area contributed by atoms with Crippen molar-refractivity contribution in [1.82, 2.24) is 15.2 Å². The summed E-state index contributed by atoms with van der Waals surface area (Å²) in [6, 6.07) is 7.59. The lowest BCUT2D eigenvalue weighted by Crippen LogP contribution is -2.40. The number of amides is 2. The molecule has 0 aliphatic carbocycles. The lowest BCUT2D eigenvalue weighted by Gasteiger charge is -2.31. The molecule has 0 unspecified atom stereocenters. The van der Waals surface area contributed by atoms with Crippen LogP contribution in [-0.2, 0) is 9.59 Å². The van der Waals surface area contributed by atoms with Crippen molar-refractivity contribution in [3.05, 3.63) is 40.9 Å². The summed E-state index contributed by atoms with van der Waals surface area (Å²) in [6.07, 6.45) is 5.14. The fourth-order valence-corrected chi connectivity index (χ4v) is 4.09. The molecule has 0 saturated carbocycles. The van der Waals surface area contributed by atoms with Gasteiger partial charge in [0.05, 0.1) is 10.4 Å². The minimum Gasteiger partial charge on any atom is -0.490 e. The standard InChI is InChI=1S/C20H20N4O3S/c1-12(25)24-8-5-14(6-9-24)27-17-4-7-22-16-3-2-13(10-15(16)17)11-18-19(26)23-20(21)28-18/h2-4,7,10-11,14H,5-6,8-9H2,1H3,(H2,21,23,26)/b18-11-. The Balaban J connectivity index is 1.57. The molecule has 2 amide bonds. The lowest BCUT2D eigenvalue weighted by atomic mass is 10.1. The van der Waals surface area contributed by atoms with Crippen molar-refractivity contribution in [2.24, 2.45) is 0 Å². The molecule has 2 aromatic rings. The van der Waals surface area contributed by atoms with Crippen LogP contribution in [0, 0.1) is 5.41 Å². The van der Waals surface area contributed by atoms with Crippen LogP contribution in [0.25, 0.3) is 17.0 Å². The average Bonchev–Trinajstić information content (AvgIpc) is 2.99. The van der Waals surface area contributed by atoms with E-state index in [4.69, 9.17) is 10.1 Å². The van der Waals surface area contributed by atoms with Crippen molar-refractivity contribution in [3.8, 4) is 5.75 Å². The molecule has 144 valence electrons. The monoisotopic (exact) mass is 396 g/mol. The fourth-order valence-electron chi connectivity index (χ4n) is 3.39. The van der Waals surface area contributed by atoms with E-state index in [0.29, 0.717) is 18.0 Å². The molecular weight excluding hydrogens is 376 g/mol. The van der Waals surface area contributed by atoms with Crippen LogP contribution in [-0.4, -0.2) is 46.1 Å². The summed E-state index contributed by atoms with van der Waals surface area (Å²) in [6.45, 7) is 3.01. The number of carbonyl (C=O) groups excluding carboxylic acids is 2. The van der Waals surface area contributed by atoms with E-state index in [1.165, 1.54) is 0 Å². The molecule has 4 rings (SSSR count). The third kappa shape index (κ3) is 3.87. The zero-order chi connectivity index (χ0) is 19.7. The highest BCUT2D eigenvalue weighted by Crippen LogP contribution is 2.30. The van der Waals surface area contributed by atoms with E-state index in [9.17, 15) is 9.59 Å². The Morgan fingerprint density at radius 3 is 2.82 bits per heavy atom.